The smallest absolute Gasteiger partial charge is 0.330 e. The first-order chi connectivity index (χ1) is 6.99. The lowest BCUT2D eigenvalue weighted by Crippen LogP contribution is -2.08. The predicted molar refractivity (Wildman–Crippen MR) is 53.3 cm³/mol. The zero-order chi connectivity index (χ0) is 11.5. The number of halogens is 3. The van der Waals surface area contributed by atoms with Crippen molar-refractivity contribution in [3.05, 3.63) is 29.3 Å². The van der Waals surface area contributed by atoms with Crippen LogP contribution in [0, 0.1) is 11.3 Å². The second-order valence-electron chi connectivity index (χ2n) is 2.68. The molecule has 0 atom stereocenters. The number of rotatable bonds is 2. The SMILES string of the molecule is CSNc1ccc(C#N)c(C(F)(F)F)c1. The number of nitriles is 1. The second-order valence-corrected chi connectivity index (χ2v) is 3.29. The average molecular weight is 232 g/mol. The van der Waals surface area contributed by atoms with Crippen LogP contribution in [0.3, 0.4) is 0 Å². The molecule has 0 spiro atoms. The van der Waals surface area contributed by atoms with Gasteiger partial charge in [0.25, 0.3) is 0 Å². The Bertz CT molecular complexity index is 395. The Kier molecular flexibility index (Phi) is 3.48. The van der Waals surface area contributed by atoms with Crippen molar-refractivity contribution >= 4 is 17.6 Å². The lowest BCUT2D eigenvalue weighted by Gasteiger charge is -2.10. The molecule has 0 aliphatic heterocycles. The van der Waals surface area contributed by atoms with Gasteiger partial charge in [0.2, 0.25) is 0 Å². The molecule has 1 N–H and O–H groups in total. The Morgan fingerprint density at radius 2 is 2.07 bits per heavy atom. The fourth-order valence-corrected chi connectivity index (χ4v) is 1.42. The third-order valence-electron chi connectivity index (χ3n) is 1.67. The number of hydrogen-bond donors (Lipinski definition) is 1. The van der Waals surface area contributed by atoms with Gasteiger partial charge in [-0.25, -0.2) is 0 Å². The van der Waals surface area contributed by atoms with E-state index in [1.54, 1.807) is 6.26 Å². The number of nitrogens with zero attached hydrogens (tertiary/aromatic N) is 1. The zero-order valence-electron chi connectivity index (χ0n) is 7.72. The van der Waals surface area contributed by atoms with Gasteiger partial charge in [-0.15, -0.1) is 0 Å². The van der Waals surface area contributed by atoms with E-state index < -0.39 is 11.7 Å². The summed E-state index contributed by atoms with van der Waals surface area (Å²) in [7, 11) is 0. The molecule has 0 saturated carbocycles. The van der Waals surface area contributed by atoms with Crippen LogP contribution in [0.15, 0.2) is 18.2 Å². The van der Waals surface area contributed by atoms with E-state index in [4.69, 9.17) is 5.26 Å². The summed E-state index contributed by atoms with van der Waals surface area (Å²) in [4.78, 5) is 0. The normalized spacial score (nSPS) is 10.9. The first kappa shape index (κ1) is 11.7. The summed E-state index contributed by atoms with van der Waals surface area (Å²) >= 11 is 1.19. The highest BCUT2D eigenvalue weighted by molar-refractivity contribution is 7.99. The fraction of sp³-hybridized carbons (Fsp3) is 0.222. The van der Waals surface area contributed by atoms with Gasteiger partial charge in [-0.3, -0.25) is 0 Å². The van der Waals surface area contributed by atoms with Gasteiger partial charge in [0.05, 0.1) is 17.2 Å². The molecule has 0 fully saturated rings. The third kappa shape index (κ3) is 2.80. The minimum absolute atomic E-state index is 0.328. The summed E-state index contributed by atoms with van der Waals surface area (Å²) in [5.74, 6) is 0. The number of alkyl halides is 3. The number of hydrogen-bond acceptors (Lipinski definition) is 3. The molecule has 6 heteroatoms. The van der Waals surface area contributed by atoms with Crippen molar-refractivity contribution < 1.29 is 13.2 Å². The first-order valence-electron chi connectivity index (χ1n) is 3.89. The molecule has 0 aliphatic carbocycles. The molecule has 0 aromatic heterocycles. The molecule has 0 bridgehead atoms. The van der Waals surface area contributed by atoms with Gasteiger partial charge in [0, 0.05) is 11.9 Å². The van der Waals surface area contributed by atoms with E-state index >= 15 is 0 Å². The average Bonchev–Trinajstić information content (AvgIpc) is 2.17. The lowest BCUT2D eigenvalue weighted by atomic mass is 10.1. The van der Waals surface area contributed by atoms with Crippen LogP contribution in [0.2, 0.25) is 0 Å². The monoisotopic (exact) mass is 232 g/mol. The summed E-state index contributed by atoms with van der Waals surface area (Å²) in [5.41, 5.74) is -0.952. The standard InChI is InChI=1S/C9H7F3N2S/c1-15-14-7-3-2-6(5-13)8(4-7)9(10,11)12/h2-4,14H,1H3. The fourth-order valence-electron chi connectivity index (χ4n) is 1.06. The number of anilines is 1. The van der Waals surface area contributed by atoms with Crippen molar-refractivity contribution in [2.75, 3.05) is 11.0 Å². The topological polar surface area (TPSA) is 35.8 Å². The van der Waals surface area contributed by atoms with Crippen LogP contribution >= 0.6 is 11.9 Å². The maximum absolute atomic E-state index is 12.5. The van der Waals surface area contributed by atoms with Crippen LogP contribution < -0.4 is 4.72 Å². The largest absolute Gasteiger partial charge is 0.417 e. The molecule has 15 heavy (non-hydrogen) atoms. The van der Waals surface area contributed by atoms with Gasteiger partial charge in [0.1, 0.15) is 0 Å². The Hall–Kier alpha value is -1.35. The van der Waals surface area contributed by atoms with Gasteiger partial charge in [-0.2, -0.15) is 18.4 Å². The molecule has 2 nitrogen and oxygen atoms in total. The minimum Gasteiger partial charge on any atom is -0.330 e. The molecule has 0 unspecified atom stereocenters. The van der Waals surface area contributed by atoms with E-state index in [0.717, 1.165) is 12.1 Å². The van der Waals surface area contributed by atoms with E-state index in [9.17, 15) is 13.2 Å². The number of benzene rings is 1. The van der Waals surface area contributed by atoms with Crippen LogP contribution in [-0.2, 0) is 6.18 Å². The molecule has 0 amide bonds. The van der Waals surface area contributed by atoms with Crippen molar-refractivity contribution in [3.63, 3.8) is 0 Å². The molecule has 1 rings (SSSR count). The van der Waals surface area contributed by atoms with Crippen LogP contribution in [0.1, 0.15) is 11.1 Å². The molecule has 80 valence electrons. The van der Waals surface area contributed by atoms with Gasteiger partial charge in [-0.05, 0) is 18.2 Å². The molecule has 0 radical (unpaired) electrons. The molecular formula is C9H7F3N2S. The Labute approximate surface area is 89.2 Å². The van der Waals surface area contributed by atoms with Crippen molar-refractivity contribution in [2.45, 2.75) is 6.18 Å². The molecule has 0 aliphatic rings. The Morgan fingerprint density at radius 1 is 1.40 bits per heavy atom. The van der Waals surface area contributed by atoms with Crippen LogP contribution in [0.5, 0.6) is 0 Å². The minimum atomic E-state index is -4.50. The van der Waals surface area contributed by atoms with Gasteiger partial charge >= 0.3 is 6.18 Å². The van der Waals surface area contributed by atoms with Crippen LogP contribution in [0.4, 0.5) is 18.9 Å². The summed E-state index contributed by atoms with van der Waals surface area (Å²) in [5, 5.41) is 8.53. The molecule has 0 heterocycles. The quantitative estimate of drug-likeness (QED) is 0.795. The molecular weight excluding hydrogens is 225 g/mol. The highest BCUT2D eigenvalue weighted by atomic mass is 32.2. The highest BCUT2D eigenvalue weighted by Gasteiger charge is 2.33. The van der Waals surface area contributed by atoms with E-state index in [0.29, 0.717) is 5.69 Å². The maximum Gasteiger partial charge on any atom is 0.417 e. The lowest BCUT2D eigenvalue weighted by molar-refractivity contribution is -0.137. The van der Waals surface area contributed by atoms with E-state index in [2.05, 4.69) is 4.72 Å². The van der Waals surface area contributed by atoms with Crippen LogP contribution in [-0.4, -0.2) is 6.26 Å². The molecule has 1 aromatic rings. The maximum atomic E-state index is 12.5. The van der Waals surface area contributed by atoms with Crippen molar-refractivity contribution in [1.29, 1.82) is 5.26 Å². The summed E-state index contributed by atoms with van der Waals surface area (Å²) in [6.07, 6.45) is -2.80. The zero-order valence-corrected chi connectivity index (χ0v) is 8.54. The third-order valence-corrected chi connectivity index (χ3v) is 2.11. The summed E-state index contributed by atoms with van der Waals surface area (Å²) in [6.45, 7) is 0. The van der Waals surface area contributed by atoms with Gasteiger partial charge in [-0.1, -0.05) is 11.9 Å². The first-order valence-corrected chi connectivity index (χ1v) is 5.12. The van der Waals surface area contributed by atoms with Crippen molar-refractivity contribution in [1.82, 2.24) is 0 Å². The van der Waals surface area contributed by atoms with Crippen LogP contribution in [0.25, 0.3) is 0 Å². The molecule has 1 aromatic carbocycles. The van der Waals surface area contributed by atoms with E-state index in [1.165, 1.54) is 24.1 Å². The summed E-state index contributed by atoms with van der Waals surface area (Å²) in [6, 6.07) is 5.03. The van der Waals surface area contributed by atoms with Crippen molar-refractivity contribution in [3.8, 4) is 6.07 Å². The Morgan fingerprint density at radius 3 is 2.53 bits per heavy atom. The second kappa shape index (κ2) is 4.45. The molecule has 0 saturated heterocycles. The number of nitrogens with one attached hydrogen (secondary N) is 1. The highest BCUT2D eigenvalue weighted by Crippen LogP contribution is 2.33. The van der Waals surface area contributed by atoms with Gasteiger partial charge in [0.15, 0.2) is 0 Å². The van der Waals surface area contributed by atoms with E-state index in [-0.39, 0.29) is 5.56 Å². The Balaban J connectivity index is 3.21. The van der Waals surface area contributed by atoms with Crippen molar-refractivity contribution in [2.24, 2.45) is 0 Å². The van der Waals surface area contributed by atoms with E-state index in [1.807, 2.05) is 0 Å². The summed E-state index contributed by atoms with van der Waals surface area (Å²) < 4.78 is 40.1. The predicted octanol–water partition coefficient (Wildman–Crippen LogP) is 3.27. The van der Waals surface area contributed by atoms with Gasteiger partial charge < -0.3 is 4.72 Å².